The van der Waals surface area contributed by atoms with E-state index in [1.165, 1.54) is 0 Å². The summed E-state index contributed by atoms with van der Waals surface area (Å²) in [6.45, 7) is 8.26. The number of hydrogen-bond donors (Lipinski definition) is 0. The molecule has 0 unspecified atom stereocenters. The Kier molecular flexibility index (Phi) is 2.78. The standard InChI is InChI=1S/C14H24O5S/c1-11(2)7-6-10(17-20(5,15)16)13(4)14(11)9-8-12(3,18-13)19-14/h10H,6-9H2,1-5H3/t10-,12+,13-,14+/m0/s1. The Hall–Kier alpha value is -0.170. The summed E-state index contributed by atoms with van der Waals surface area (Å²) in [6, 6.07) is 0. The van der Waals surface area contributed by atoms with Crippen LogP contribution in [-0.4, -0.2) is 37.8 Å². The van der Waals surface area contributed by atoms with E-state index in [0.717, 1.165) is 25.5 Å². The number of fused-ring (bicyclic) bond motifs is 1. The quantitative estimate of drug-likeness (QED) is 0.732. The van der Waals surface area contributed by atoms with Gasteiger partial charge in [-0.15, -0.1) is 0 Å². The maximum Gasteiger partial charge on any atom is 0.264 e. The van der Waals surface area contributed by atoms with Gasteiger partial charge < -0.3 is 9.47 Å². The van der Waals surface area contributed by atoms with Crippen LogP contribution in [0.25, 0.3) is 0 Å². The topological polar surface area (TPSA) is 61.8 Å². The van der Waals surface area contributed by atoms with Crippen LogP contribution in [0.4, 0.5) is 0 Å². The Morgan fingerprint density at radius 3 is 2.25 bits per heavy atom. The third-order valence-electron chi connectivity index (χ3n) is 5.58. The highest BCUT2D eigenvalue weighted by molar-refractivity contribution is 7.86. The third kappa shape index (κ3) is 1.74. The average molecular weight is 304 g/mol. The molecule has 2 saturated heterocycles. The molecule has 1 spiro atoms. The second-order valence-electron chi connectivity index (χ2n) is 7.48. The molecule has 2 aliphatic heterocycles. The SMILES string of the molecule is CC1(C)CC[C@H](OS(C)(=O)=O)[C@]2(C)O[C@@]3(C)CC[C@@]12O3. The Morgan fingerprint density at radius 1 is 1.05 bits per heavy atom. The maximum absolute atomic E-state index is 11.6. The first-order valence-corrected chi connectivity index (χ1v) is 9.03. The van der Waals surface area contributed by atoms with Gasteiger partial charge in [0.15, 0.2) is 5.79 Å². The van der Waals surface area contributed by atoms with Gasteiger partial charge in [0, 0.05) is 6.42 Å². The number of rotatable bonds is 2. The molecule has 0 radical (unpaired) electrons. The number of ether oxygens (including phenoxy) is 2. The van der Waals surface area contributed by atoms with Crippen LogP contribution in [0.3, 0.4) is 0 Å². The van der Waals surface area contributed by atoms with Gasteiger partial charge in [-0.1, -0.05) is 13.8 Å². The minimum atomic E-state index is -3.51. The van der Waals surface area contributed by atoms with E-state index in [1.807, 2.05) is 13.8 Å². The van der Waals surface area contributed by atoms with Gasteiger partial charge in [-0.05, 0) is 38.5 Å². The van der Waals surface area contributed by atoms with Crippen LogP contribution in [-0.2, 0) is 23.8 Å². The fourth-order valence-corrected chi connectivity index (χ4v) is 5.32. The summed E-state index contributed by atoms with van der Waals surface area (Å²) < 4.78 is 41.0. The summed E-state index contributed by atoms with van der Waals surface area (Å²) >= 11 is 0. The molecule has 0 amide bonds. The first-order valence-electron chi connectivity index (χ1n) is 7.22. The van der Waals surface area contributed by atoms with Crippen LogP contribution < -0.4 is 0 Å². The molecule has 0 aromatic rings. The highest BCUT2D eigenvalue weighted by Crippen LogP contribution is 2.67. The largest absolute Gasteiger partial charge is 0.340 e. The Bertz CT molecular complexity index is 542. The second kappa shape index (κ2) is 3.77. The summed E-state index contributed by atoms with van der Waals surface area (Å²) in [5.41, 5.74) is -1.25. The minimum Gasteiger partial charge on any atom is -0.340 e. The van der Waals surface area contributed by atoms with Crippen molar-refractivity contribution in [2.24, 2.45) is 5.41 Å². The smallest absolute Gasteiger partial charge is 0.264 e. The molecule has 0 aromatic carbocycles. The lowest BCUT2D eigenvalue weighted by atomic mass is 9.56. The molecule has 1 aliphatic carbocycles. The van der Waals surface area contributed by atoms with Crippen LogP contribution in [0.15, 0.2) is 0 Å². The lowest BCUT2D eigenvalue weighted by molar-refractivity contribution is -0.206. The van der Waals surface area contributed by atoms with Gasteiger partial charge in [-0.3, -0.25) is 4.18 Å². The van der Waals surface area contributed by atoms with E-state index in [9.17, 15) is 8.42 Å². The summed E-state index contributed by atoms with van der Waals surface area (Å²) in [7, 11) is -3.51. The fraction of sp³-hybridized carbons (Fsp3) is 1.00. The molecular formula is C14H24O5S. The van der Waals surface area contributed by atoms with Crippen molar-refractivity contribution in [3.8, 4) is 0 Å². The van der Waals surface area contributed by atoms with Crippen molar-refractivity contribution in [1.29, 1.82) is 0 Å². The molecule has 0 aromatic heterocycles. The average Bonchev–Trinajstić information content (AvgIpc) is 2.71. The lowest BCUT2D eigenvalue weighted by Crippen LogP contribution is -2.68. The minimum absolute atomic E-state index is 0.0621. The van der Waals surface area contributed by atoms with E-state index in [2.05, 4.69) is 13.8 Å². The molecule has 0 N–H and O–H groups in total. The molecule has 20 heavy (non-hydrogen) atoms. The molecule has 4 atom stereocenters. The van der Waals surface area contributed by atoms with Crippen molar-refractivity contribution < 1.29 is 22.1 Å². The van der Waals surface area contributed by atoms with Gasteiger partial charge in [-0.2, -0.15) is 8.42 Å². The van der Waals surface area contributed by atoms with Gasteiger partial charge in [0.2, 0.25) is 0 Å². The molecule has 3 fully saturated rings. The fourth-order valence-electron chi connectivity index (χ4n) is 4.62. The molecule has 2 heterocycles. The van der Waals surface area contributed by atoms with Crippen LogP contribution >= 0.6 is 0 Å². The summed E-state index contributed by atoms with van der Waals surface area (Å²) in [5.74, 6) is -0.616. The van der Waals surface area contributed by atoms with Crippen LogP contribution in [0, 0.1) is 5.41 Å². The molecular weight excluding hydrogens is 280 g/mol. The first-order chi connectivity index (χ1) is 8.93. The molecule has 5 nitrogen and oxygen atoms in total. The molecule has 3 aliphatic rings. The normalized spacial score (nSPS) is 50.1. The van der Waals surface area contributed by atoms with Crippen molar-refractivity contribution in [2.45, 2.75) is 76.5 Å². The van der Waals surface area contributed by atoms with Crippen LogP contribution in [0.2, 0.25) is 0 Å². The van der Waals surface area contributed by atoms with Gasteiger partial charge in [-0.25, -0.2) is 0 Å². The van der Waals surface area contributed by atoms with Gasteiger partial charge in [0.25, 0.3) is 10.1 Å². The van der Waals surface area contributed by atoms with Crippen LogP contribution in [0.5, 0.6) is 0 Å². The predicted octanol–water partition coefficient (Wildman–Crippen LogP) is 2.21. The Morgan fingerprint density at radius 2 is 1.70 bits per heavy atom. The lowest BCUT2D eigenvalue weighted by Gasteiger charge is -2.56. The predicted molar refractivity (Wildman–Crippen MR) is 73.7 cm³/mol. The van der Waals surface area contributed by atoms with E-state index in [-0.39, 0.29) is 5.41 Å². The molecule has 6 heteroatoms. The molecule has 116 valence electrons. The number of hydrogen-bond acceptors (Lipinski definition) is 5. The van der Waals surface area contributed by atoms with E-state index in [0.29, 0.717) is 6.42 Å². The second-order valence-corrected chi connectivity index (χ2v) is 9.08. The molecule has 3 rings (SSSR count). The van der Waals surface area contributed by atoms with Gasteiger partial charge >= 0.3 is 0 Å². The van der Waals surface area contributed by atoms with Crippen molar-refractivity contribution in [3.05, 3.63) is 0 Å². The highest BCUT2D eigenvalue weighted by Gasteiger charge is 2.76. The Balaban J connectivity index is 2.05. The molecule has 1 saturated carbocycles. The van der Waals surface area contributed by atoms with E-state index < -0.39 is 33.2 Å². The first kappa shape index (κ1) is 14.8. The summed E-state index contributed by atoms with van der Waals surface area (Å²) in [4.78, 5) is 0. The van der Waals surface area contributed by atoms with Crippen molar-refractivity contribution in [3.63, 3.8) is 0 Å². The zero-order chi connectivity index (χ0) is 15.0. The van der Waals surface area contributed by atoms with Crippen LogP contribution in [0.1, 0.15) is 53.4 Å². The van der Waals surface area contributed by atoms with E-state index in [1.54, 1.807) is 0 Å². The summed E-state index contributed by atoms with van der Waals surface area (Å²) in [6.07, 6.45) is 3.87. The monoisotopic (exact) mass is 304 g/mol. The van der Waals surface area contributed by atoms with Crippen molar-refractivity contribution in [1.82, 2.24) is 0 Å². The zero-order valence-corrected chi connectivity index (χ0v) is 13.7. The summed E-state index contributed by atoms with van der Waals surface area (Å²) in [5, 5.41) is 0. The Labute approximate surface area is 121 Å². The molecule has 2 bridgehead atoms. The van der Waals surface area contributed by atoms with Crippen molar-refractivity contribution >= 4 is 10.1 Å². The zero-order valence-electron chi connectivity index (χ0n) is 12.9. The highest BCUT2D eigenvalue weighted by atomic mass is 32.2. The van der Waals surface area contributed by atoms with E-state index >= 15 is 0 Å². The van der Waals surface area contributed by atoms with Gasteiger partial charge in [0.05, 0.1) is 6.26 Å². The third-order valence-corrected chi connectivity index (χ3v) is 6.16. The van der Waals surface area contributed by atoms with Gasteiger partial charge in [0.1, 0.15) is 17.3 Å². The van der Waals surface area contributed by atoms with Crippen molar-refractivity contribution in [2.75, 3.05) is 6.26 Å². The maximum atomic E-state index is 11.6. The van der Waals surface area contributed by atoms with E-state index in [4.69, 9.17) is 13.7 Å².